The van der Waals surface area contributed by atoms with Crippen molar-refractivity contribution in [2.75, 3.05) is 27.9 Å². The van der Waals surface area contributed by atoms with Gasteiger partial charge in [-0.25, -0.2) is 0 Å². The second-order valence-corrected chi connectivity index (χ2v) is 6.38. The van der Waals surface area contributed by atoms with E-state index in [1.54, 1.807) is 45.6 Å². The molecule has 5 nitrogen and oxygen atoms in total. The quantitative estimate of drug-likeness (QED) is 0.722. The van der Waals surface area contributed by atoms with Gasteiger partial charge in [0.25, 0.3) is 0 Å². The zero-order valence-corrected chi connectivity index (χ0v) is 16.0. The molecule has 1 aliphatic rings. The molecule has 0 radical (unpaired) electrons. The zero-order chi connectivity index (χ0) is 19.2. The maximum atomic E-state index is 12.8. The third-order valence-electron chi connectivity index (χ3n) is 4.86. The largest absolute Gasteiger partial charge is 0.496 e. The number of benzene rings is 2. The van der Waals surface area contributed by atoms with Gasteiger partial charge in [-0.15, -0.1) is 0 Å². The van der Waals surface area contributed by atoms with Crippen LogP contribution in [0.25, 0.3) is 6.08 Å². The van der Waals surface area contributed by atoms with Crippen LogP contribution in [0.3, 0.4) is 0 Å². The minimum atomic E-state index is -0.00167. The van der Waals surface area contributed by atoms with E-state index in [1.165, 1.54) is 5.56 Å². The molecule has 1 atom stereocenters. The Morgan fingerprint density at radius 3 is 2.33 bits per heavy atom. The predicted molar refractivity (Wildman–Crippen MR) is 105 cm³/mol. The highest BCUT2D eigenvalue weighted by molar-refractivity contribution is 5.92. The van der Waals surface area contributed by atoms with E-state index < -0.39 is 0 Å². The van der Waals surface area contributed by atoms with Gasteiger partial charge in [0.15, 0.2) is 11.5 Å². The van der Waals surface area contributed by atoms with Crippen LogP contribution in [0.5, 0.6) is 17.2 Å². The van der Waals surface area contributed by atoms with Crippen LogP contribution in [0.1, 0.15) is 30.0 Å². The Morgan fingerprint density at radius 1 is 1.00 bits per heavy atom. The highest BCUT2D eigenvalue weighted by Crippen LogP contribution is 2.36. The number of amides is 1. The molecule has 0 aliphatic carbocycles. The molecule has 0 N–H and O–H groups in total. The Kier molecular flexibility index (Phi) is 6.01. The summed E-state index contributed by atoms with van der Waals surface area (Å²) in [5.74, 6) is 1.80. The number of ether oxygens (including phenoxy) is 3. The first-order valence-corrected chi connectivity index (χ1v) is 9.01. The number of methoxy groups -OCH3 is 3. The van der Waals surface area contributed by atoms with Gasteiger partial charge in [0.2, 0.25) is 5.91 Å². The summed E-state index contributed by atoms with van der Waals surface area (Å²) in [6.45, 7) is 0.770. The molecule has 1 fully saturated rings. The smallest absolute Gasteiger partial charge is 0.247 e. The summed E-state index contributed by atoms with van der Waals surface area (Å²) in [7, 11) is 4.75. The molecule has 5 heteroatoms. The fraction of sp³-hybridized carbons (Fsp3) is 0.318. The van der Waals surface area contributed by atoms with Gasteiger partial charge in [0, 0.05) is 24.3 Å². The number of carbonyl (C=O) groups is 1. The van der Waals surface area contributed by atoms with Crippen molar-refractivity contribution in [3.63, 3.8) is 0 Å². The van der Waals surface area contributed by atoms with E-state index in [0.29, 0.717) is 17.2 Å². The first kappa shape index (κ1) is 18.8. The standard InChI is InChI=1S/C22H25NO4/c1-25-19-15-21(27-3)20(26-2)14-17(19)11-12-22(24)23-13-7-10-18(23)16-8-5-4-6-9-16/h4-6,8-9,11-12,14-15,18H,7,10,13H2,1-3H3. The van der Waals surface area contributed by atoms with E-state index in [-0.39, 0.29) is 11.9 Å². The third kappa shape index (κ3) is 4.08. The maximum Gasteiger partial charge on any atom is 0.247 e. The Hall–Kier alpha value is -2.95. The van der Waals surface area contributed by atoms with Gasteiger partial charge >= 0.3 is 0 Å². The molecule has 142 valence electrons. The lowest BCUT2D eigenvalue weighted by molar-refractivity contribution is -0.126. The van der Waals surface area contributed by atoms with Gasteiger partial charge in [0.1, 0.15) is 5.75 Å². The van der Waals surface area contributed by atoms with Crippen molar-refractivity contribution in [2.24, 2.45) is 0 Å². The average Bonchev–Trinajstić information content (AvgIpc) is 3.22. The van der Waals surface area contributed by atoms with E-state index in [9.17, 15) is 4.79 Å². The molecule has 0 bridgehead atoms. The second kappa shape index (κ2) is 8.62. The molecular formula is C22H25NO4. The van der Waals surface area contributed by atoms with Crippen molar-refractivity contribution in [3.8, 4) is 17.2 Å². The van der Waals surface area contributed by atoms with Crippen LogP contribution in [-0.2, 0) is 4.79 Å². The number of nitrogens with zero attached hydrogens (tertiary/aromatic N) is 1. The molecule has 1 heterocycles. The second-order valence-electron chi connectivity index (χ2n) is 6.38. The number of likely N-dealkylation sites (tertiary alicyclic amines) is 1. The minimum absolute atomic E-state index is 0.00167. The summed E-state index contributed by atoms with van der Waals surface area (Å²) >= 11 is 0. The van der Waals surface area contributed by atoms with Gasteiger partial charge in [-0.1, -0.05) is 30.3 Å². The van der Waals surface area contributed by atoms with Gasteiger partial charge in [-0.3, -0.25) is 4.79 Å². The fourth-order valence-electron chi connectivity index (χ4n) is 3.49. The summed E-state index contributed by atoms with van der Waals surface area (Å²) in [4.78, 5) is 14.8. The van der Waals surface area contributed by atoms with Crippen molar-refractivity contribution in [3.05, 3.63) is 59.7 Å². The lowest BCUT2D eigenvalue weighted by atomic mass is 10.0. The predicted octanol–water partition coefficient (Wildman–Crippen LogP) is 4.09. The van der Waals surface area contributed by atoms with Crippen LogP contribution in [0.2, 0.25) is 0 Å². The number of hydrogen-bond donors (Lipinski definition) is 0. The molecule has 3 rings (SSSR count). The molecule has 0 spiro atoms. The number of rotatable bonds is 6. The van der Waals surface area contributed by atoms with Gasteiger partial charge in [0.05, 0.1) is 27.4 Å². The first-order chi connectivity index (χ1) is 13.2. The van der Waals surface area contributed by atoms with Gasteiger partial charge in [-0.05, 0) is 30.5 Å². The van der Waals surface area contributed by atoms with Crippen LogP contribution >= 0.6 is 0 Å². The molecule has 1 amide bonds. The van der Waals surface area contributed by atoms with Crippen molar-refractivity contribution in [2.45, 2.75) is 18.9 Å². The van der Waals surface area contributed by atoms with Crippen LogP contribution in [0.4, 0.5) is 0 Å². The van der Waals surface area contributed by atoms with E-state index in [1.807, 2.05) is 23.1 Å². The minimum Gasteiger partial charge on any atom is -0.496 e. The molecule has 2 aromatic rings. The van der Waals surface area contributed by atoms with Crippen molar-refractivity contribution in [1.82, 2.24) is 4.90 Å². The molecule has 1 unspecified atom stereocenters. The lowest BCUT2D eigenvalue weighted by Crippen LogP contribution is -2.28. The monoisotopic (exact) mass is 367 g/mol. The van der Waals surface area contributed by atoms with E-state index in [0.717, 1.165) is 24.9 Å². The highest BCUT2D eigenvalue weighted by atomic mass is 16.5. The number of hydrogen-bond acceptors (Lipinski definition) is 4. The molecule has 2 aromatic carbocycles. The van der Waals surface area contributed by atoms with Gasteiger partial charge < -0.3 is 19.1 Å². The van der Waals surface area contributed by atoms with Crippen LogP contribution in [-0.4, -0.2) is 38.7 Å². The van der Waals surface area contributed by atoms with Crippen molar-refractivity contribution < 1.29 is 19.0 Å². The Balaban J connectivity index is 1.82. The molecule has 0 saturated carbocycles. The third-order valence-corrected chi connectivity index (χ3v) is 4.86. The summed E-state index contributed by atoms with van der Waals surface area (Å²) in [5.41, 5.74) is 1.94. The van der Waals surface area contributed by atoms with Crippen molar-refractivity contribution >= 4 is 12.0 Å². The van der Waals surface area contributed by atoms with E-state index >= 15 is 0 Å². The van der Waals surface area contributed by atoms with Crippen LogP contribution < -0.4 is 14.2 Å². The molecular weight excluding hydrogens is 342 g/mol. The summed E-state index contributed by atoms with van der Waals surface area (Å²) in [5, 5.41) is 0. The van der Waals surface area contributed by atoms with Crippen LogP contribution in [0.15, 0.2) is 48.5 Å². The molecule has 1 aliphatic heterocycles. The molecule has 1 saturated heterocycles. The SMILES string of the molecule is COc1cc(OC)c(OC)cc1C=CC(=O)N1CCCC1c1ccccc1. The zero-order valence-electron chi connectivity index (χ0n) is 16.0. The maximum absolute atomic E-state index is 12.8. The first-order valence-electron chi connectivity index (χ1n) is 9.01. The molecule has 27 heavy (non-hydrogen) atoms. The Labute approximate surface area is 160 Å². The molecule has 0 aromatic heterocycles. The van der Waals surface area contributed by atoms with E-state index in [2.05, 4.69) is 12.1 Å². The summed E-state index contributed by atoms with van der Waals surface area (Å²) in [6, 6.07) is 13.9. The van der Waals surface area contributed by atoms with Gasteiger partial charge in [-0.2, -0.15) is 0 Å². The van der Waals surface area contributed by atoms with Crippen LogP contribution in [0, 0.1) is 0 Å². The number of carbonyl (C=O) groups excluding carboxylic acids is 1. The normalized spacial score (nSPS) is 16.6. The topological polar surface area (TPSA) is 48.0 Å². The Bertz CT molecular complexity index is 817. The highest BCUT2D eigenvalue weighted by Gasteiger charge is 2.28. The van der Waals surface area contributed by atoms with E-state index in [4.69, 9.17) is 14.2 Å². The summed E-state index contributed by atoms with van der Waals surface area (Å²) < 4.78 is 16.1. The average molecular weight is 367 g/mol. The van der Waals surface area contributed by atoms with Crippen molar-refractivity contribution in [1.29, 1.82) is 0 Å². The lowest BCUT2D eigenvalue weighted by Gasteiger charge is -2.23. The fourth-order valence-corrected chi connectivity index (χ4v) is 3.49. The Morgan fingerprint density at radius 2 is 1.67 bits per heavy atom. The summed E-state index contributed by atoms with van der Waals surface area (Å²) in [6.07, 6.45) is 5.37.